The van der Waals surface area contributed by atoms with E-state index in [9.17, 15) is 19.7 Å². The fourth-order valence-electron chi connectivity index (χ4n) is 3.08. The third-order valence-corrected chi connectivity index (χ3v) is 4.51. The molecule has 2 aromatic carbocycles. The van der Waals surface area contributed by atoms with Gasteiger partial charge < -0.3 is 24.8 Å². The summed E-state index contributed by atoms with van der Waals surface area (Å²) in [6, 6.07) is 13.4. The zero-order valence-electron chi connectivity index (χ0n) is 14.3. The fraction of sp³-hybridized carbons (Fsp3) is 0.400. The molecule has 0 bridgehead atoms. The molecule has 6 heteroatoms. The lowest BCUT2D eigenvalue weighted by Gasteiger charge is -2.36. The molecule has 3 N–H and O–H groups in total. The number of benzene rings is 2. The first-order valence-corrected chi connectivity index (χ1v) is 8.66. The monoisotopic (exact) mass is 362 g/mol. The van der Waals surface area contributed by atoms with Gasteiger partial charge in [-0.05, 0) is 35.4 Å². The van der Waals surface area contributed by atoms with Crippen molar-refractivity contribution in [2.45, 2.75) is 37.3 Å². The van der Waals surface area contributed by atoms with Gasteiger partial charge in [-0.25, -0.2) is 4.39 Å². The van der Waals surface area contributed by atoms with Crippen LogP contribution in [0.3, 0.4) is 0 Å². The van der Waals surface area contributed by atoms with Gasteiger partial charge in [-0.3, -0.25) is 0 Å². The van der Waals surface area contributed by atoms with Gasteiger partial charge >= 0.3 is 0 Å². The minimum Gasteiger partial charge on any atom is -0.493 e. The van der Waals surface area contributed by atoms with Gasteiger partial charge in [-0.2, -0.15) is 0 Å². The molecule has 0 aromatic heterocycles. The Morgan fingerprint density at radius 2 is 1.88 bits per heavy atom. The number of rotatable bonds is 6. The maximum Gasteiger partial charge on any atom is 0.123 e. The van der Waals surface area contributed by atoms with Crippen molar-refractivity contribution in [3.05, 3.63) is 65.5 Å². The first kappa shape index (κ1) is 18.8. The van der Waals surface area contributed by atoms with Gasteiger partial charge in [-0.1, -0.05) is 24.3 Å². The van der Waals surface area contributed by atoms with E-state index in [1.807, 2.05) is 6.07 Å². The van der Waals surface area contributed by atoms with Crippen LogP contribution in [0.4, 0.5) is 4.39 Å². The molecule has 4 atom stereocenters. The average Bonchev–Trinajstić information content (AvgIpc) is 2.64. The molecular weight excluding hydrogens is 339 g/mol. The standard InChI is InChI=1S/C20H23FO5/c21-15-3-1-2-13(10-15)8-9-25-16-6-4-14(5-7-16)20-19(24)18(23)11-17(12-22)26-20/h1-7,10,17-20,22-24H,8-9,11-12H2/t17?,18?,19?,20-/m1/s1. The topological polar surface area (TPSA) is 79.2 Å². The second-order valence-electron chi connectivity index (χ2n) is 6.45. The van der Waals surface area contributed by atoms with Crippen LogP contribution in [0.25, 0.3) is 0 Å². The Kier molecular flexibility index (Phi) is 6.21. The summed E-state index contributed by atoms with van der Waals surface area (Å²) in [5.74, 6) is 0.385. The summed E-state index contributed by atoms with van der Waals surface area (Å²) in [7, 11) is 0. The largest absolute Gasteiger partial charge is 0.493 e. The number of ether oxygens (including phenoxy) is 2. The Morgan fingerprint density at radius 1 is 1.12 bits per heavy atom. The zero-order chi connectivity index (χ0) is 18.5. The Labute approximate surface area is 151 Å². The lowest BCUT2D eigenvalue weighted by Crippen LogP contribution is -2.44. The first-order valence-electron chi connectivity index (χ1n) is 8.66. The summed E-state index contributed by atoms with van der Waals surface area (Å²) in [6.07, 6.45) is -2.38. The highest BCUT2D eigenvalue weighted by molar-refractivity contribution is 5.30. The molecule has 1 aliphatic heterocycles. The van der Waals surface area contributed by atoms with E-state index >= 15 is 0 Å². The van der Waals surface area contributed by atoms with Gasteiger partial charge in [0.1, 0.15) is 23.8 Å². The van der Waals surface area contributed by atoms with E-state index in [0.29, 0.717) is 24.3 Å². The van der Waals surface area contributed by atoms with Gasteiger partial charge in [0.15, 0.2) is 0 Å². The van der Waals surface area contributed by atoms with Crippen molar-refractivity contribution in [1.29, 1.82) is 0 Å². The second-order valence-corrected chi connectivity index (χ2v) is 6.45. The van der Waals surface area contributed by atoms with Crippen molar-refractivity contribution in [3.63, 3.8) is 0 Å². The number of aliphatic hydroxyl groups is 3. The van der Waals surface area contributed by atoms with Crippen LogP contribution in [0.5, 0.6) is 5.75 Å². The van der Waals surface area contributed by atoms with Gasteiger partial charge in [0.2, 0.25) is 0 Å². The van der Waals surface area contributed by atoms with E-state index in [-0.39, 0.29) is 18.8 Å². The van der Waals surface area contributed by atoms with Gasteiger partial charge in [-0.15, -0.1) is 0 Å². The number of hydrogen-bond donors (Lipinski definition) is 3. The van der Waals surface area contributed by atoms with E-state index in [4.69, 9.17) is 9.47 Å². The lowest BCUT2D eigenvalue weighted by molar-refractivity contribution is -0.179. The molecule has 3 rings (SSSR count). The van der Waals surface area contributed by atoms with Crippen LogP contribution in [0.2, 0.25) is 0 Å². The molecule has 0 radical (unpaired) electrons. The van der Waals surface area contributed by atoms with Crippen molar-refractivity contribution in [2.75, 3.05) is 13.2 Å². The molecule has 26 heavy (non-hydrogen) atoms. The van der Waals surface area contributed by atoms with Crippen LogP contribution in [0.1, 0.15) is 23.7 Å². The minimum atomic E-state index is -1.04. The molecule has 1 aliphatic rings. The Balaban J connectivity index is 1.57. The molecule has 1 fully saturated rings. The van der Waals surface area contributed by atoms with E-state index in [1.54, 1.807) is 30.3 Å². The Morgan fingerprint density at radius 3 is 2.58 bits per heavy atom. The van der Waals surface area contributed by atoms with E-state index in [0.717, 1.165) is 5.56 Å². The smallest absolute Gasteiger partial charge is 0.123 e. The fourth-order valence-corrected chi connectivity index (χ4v) is 3.08. The number of halogens is 1. The van der Waals surface area contributed by atoms with Crippen LogP contribution in [0, 0.1) is 5.82 Å². The predicted octanol–water partition coefficient (Wildman–Crippen LogP) is 1.99. The molecular formula is C20H23FO5. The van der Waals surface area contributed by atoms with Crippen molar-refractivity contribution < 1.29 is 29.2 Å². The van der Waals surface area contributed by atoms with Crippen molar-refractivity contribution in [3.8, 4) is 5.75 Å². The van der Waals surface area contributed by atoms with Crippen LogP contribution >= 0.6 is 0 Å². The molecule has 0 spiro atoms. The van der Waals surface area contributed by atoms with Gasteiger partial charge in [0.05, 0.1) is 25.4 Å². The Hall–Kier alpha value is -1.99. The molecule has 1 saturated heterocycles. The summed E-state index contributed by atoms with van der Waals surface area (Å²) < 4.78 is 24.5. The van der Waals surface area contributed by atoms with Crippen molar-refractivity contribution >= 4 is 0 Å². The second kappa shape index (κ2) is 8.60. The zero-order valence-corrected chi connectivity index (χ0v) is 14.3. The first-order chi connectivity index (χ1) is 12.6. The highest BCUT2D eigenvalue weighted by atomic mass is 19.1. The molecule has 3 unspecified atom stereocenters. The molecule has 0 saturated carbocycles. The van der Waals surface area contributed by atoms with Crippen molar-refractivity contribution in [1.82, 2.24) is 0 Å². The van der Waals surface area contributed by atoms with Crippen LogP contribution in [0.15, 0.2) is 48.5 Å². The SMILES string of the molecule is OCC1CC(O)C(O)[C@@H](c2ccc(OCCc3cccc(F)c3)cc2)O1. The summed E-state index contributed by atoms with van der Waals surface area (Å²) in [6.45, 7) is 0.207. The minimum absolute atomic E-state index is 0.204. The van der Waals surface area contributed by atoms with Crippen LogP contribution in [-0.4, -0.2) is 46.8 Å². The van der Waals surface area contributed by atoms with Crippen molar-refractivity contribution in [2.24, 2.45) is 0 Å². The lowest BCUT2D eigenvalue weighted by atomic mass is 9.93. The average molecular weight is 362 g/mol. The third kappa shape index (κ3) is 4.59. The number of aliphatic hydroxyl groups excluding tert-OH is 3. The van der Waals surface area contributed by atoms with E-state index in [1.165, 1.54) is 12.1 Å². The highest BCUT2D eigenvalue weighted by Gasteiger charge is 2.37. The third-order valence-electron chi connectivity index (χ3n) is 4.51. The number of hydrogen-bond acceptors (Lipinski definition) is 5. The summed E-state index contributed by atoms with van der Waals surface area (Å²) in [5.41, 5.74) is 1.57. The highest BCUT2D eigenvalue weighted by Crippen LogP contribution is 2.32. The molecule has 1 heterocycles. The summed E-state index contributed by atoms with van der Waals surface area (Å²) >= 11 is 0. The predicted molar refractivity (Wildman–Crippen MR) is 93.4 cm³/mol. The van der Waals surface area contributed by atoms with Gasteiger partial charge in [0.25, 0.3) is 0 Å². The van der Waals surface area contributed by atoms with Crippen LogP contribution in [-0.2, 0) is 11.2 Å². The van der Waals surface area contributed by atoms with Gasteiger partial charge in [0, 0.05) is 12.8 Å². The molecule has 5 nitrogen and oxygen atoms in total. The molecule has 0 amide bonds. The maximum absolute atomic E-state index is 13.1. The Bertz CT molecular complexity index is 706. The maximum atomic E-state index is 13.1. The quantitative estimate of drug-likeness (QED) is 0.732. The van der Waals surface area contributed by atoms with E-state index in [2.05, 4.69) is 0 Å². The van der Waals surface area contributed by atoms with E-state index < -0.39 is 24.4 Å². The summed E-state index contributed by atoms with van der Waals surface area (Å²) in [4.78, 5) is 0. The molecule has 140 valence electrons. The van der Waals surface area contributed by atoms with Crippen LogP contribution < -0.4 is 4.74 Å². The molecule has 2 aromatic rings. The normalized spacial score (nSPS) is 25.8. The molecule has 0 aliphatic carbocycles. The summed E-state index contributed by atoms with van der Waals surface area (Å²) in [5, 5.41) is 29.3.